The molecule has 3 aliphatic rings. The van der Waals surface area contributed by atoms with Crippen LogP contribution >= 0.6 is 0 Å². The van der Waals surface area contributed by atoms with Crippen LogP contribution in [0.4, 0.5) is 0 Å². The van der Waals surface area contributed by atoms with Gasteiger partial charge < -0.3 is 5.11 Å². The van der Waals surface area contributed by atoms with Crippen LogP contribution in [0.2, 0.25) is 0 Å². The van der Waals surface area contributed by atoms with Gasteiger partial charge >= 0.3 is 0 Å². The Kier molecular flexibility index (Phi) is 3.49. The third kappa shape index (κ3) is 1.99. The molecule has 0 spiro atoms. The average Bonchev–Trinajstić information content (AvgIpc) is 2.44. The molecule has 0 unspecified atom stereocenters. The fourth-order valence-corrected chi connectivity index (χ4v) is 5.62. The Morgan fingerprint density at radius 1 is 1.18 bits per heavy atom. The van der Waals surface area contributed by atoms with Crippen LogP contribution in [0.5, 0.6) is 0 Å². The summed E-state index contributed by atoms with van der Waals surface area (Å²) in [6.07, 6.45) is 7.31. The van der Waals surface area contributed by atoms with E-state index in [9.17, 15) is 9.90 Å². The molecule has 0 heterocycles. The lowest BCUT2D eigenvalue weighted by Gasteiger charge is -2.57. The number of fused-ring (bicyclic) bond motifs is 2. The molecule has 1 N–H and O–H groups in total. The van der Waals surface area contributed by atoms with Crippen molar-refractivity contribution >= 4 is 5.78 Å². The first-order chi connectivity index (χ1) is 10.2. The lowest BCUT2D eigenvalue weighted by Crippen LogP contribution is -2.52. The van der Waals surface area contributed by atoms with Gasteiger partial charge in [-0.15, -0.1) is 6.58 Å². The quantitative estimate of drug-likeness (QED) is 0.727. The average molecular weight is 302 g/mol. The molecule has 2 heteroatoms. The van der Waals surface area contributed by atoms with Crippen molar-refractivity contribution in [2.75, 3.05) is 0 Å². The van der Waals surface area contributed by atoms with E-state index in [0.717, 1.165) is 31.3 Å². The molecular formula is C20H30O2. The minimum absolute atomic E-state index is 0.0917. The van der Waals surface area contributed by atoms with E-state index in [2.05, 4.69) is 27.4 Å². The van der Waals surface area contributed by atoms with Crippen LogP contribution in [-0.4, -0.2) is 17.0 Å². The van der Waals surface area contributed by atoms with Crippen LogP contribution < -0.4 is 0 Å². The summed E-state index contributed by atoms with van der Waals surface area (Å²) in [4.78, 5) is 13.0. The molecule has 1 fully saturated rings. The van der Waals surface area contributed by atoms with E-state index in [0.29, 0.717) is 5.92 Å². The number of carbonyl (C=O) groups excluding carboxylic acids is 1. The zero-order valence-corrected chi connectivity index (χ0v) is 14.5. The van der Waals surface area contributed by atoms with Gasteiger partial charge in [-0.1, -0.05) is 38.8 Å². The summed E-state index contributed by atoms with van der Waals surface area (Å²) < 4.78 is 0. The van der Waals surface area contributed by atoms with E-state index < -0.39 is 11.5 Å². The highest BCUT2D eigenvalue weighted by molar-refractivity contribution is 6.03. The third-order valence-corrected chi connectivity index (χ3v) is 7.14. The molecule has 3 aliphatic carbocycles. The second-order valence-electron chi connectivity index (χ2n) is 8.91. The van der Waals surface area contributed by atoms with Gasteiger partial charge in [0.1, 0.15) is 0 Å². The van der Waals surface area contributed by atoms with E-state index in [-0.39, 0.29) is 16.6 Å². The number of carbonyl (C=O) groups is 1. The molecule has 22 heavy (non-hydrogen) atoms. The number of hydrogen-bond acceptors (Lipinski definition) is 2. The highest BCUT2D eigenvalue weighted by Crippen LogP contribution is 2.62. The van der Waals surface area contributed by atoms with Crippen molar-refractivity contribution in [1.29, 1.82) is 0 Å². The van der Waals surface area contributed by atoms with Crippen LogP contribution in [-0.2, 0) is 4.79 Å². The first-order valence-corrected chi connectivity index (χ1v) is 8.76. The Bertz CT molecular complexity index is 556. The minimum Gasteiger partial charge on any atom is -0.388 e. The Balaban J connectivity index is 2.13. The second kappa shape index (κ2) is 4.80. The van der Waals surface area contributed by atoms with Crippen LogP contribution in [0.1, 0.15) is 66.2 Å². The van der Waals surface area contributed by atoms with Crippen molar-refractivity contribution in [3.8, 4) is 0 Å². The zero-order chi connectivity index (χ0) is 16.3. The van der Waals surface area contributed by atoms with Gasteiger partial charge in [0, 0.05) is 11.0 Å². The predicted octanol–water partition coefficient (Wildman–Crippen LogP) is 4.44. The first-order valence-electron chi connectivity index (χ1n) is 8.76. The molecule has 3 rings (SSSR count). The number of ketones is 1. The number of hydrogen-bond donors (Lipinski definition) is 1. The second-order valence-corrected chi connectivity index (χ2v) is 8.91. The summed E-state index contributed by atoms with van der Waals surface area (Å²) in [6, 6.07) is 0. The fourth-order valence-electron chi connectivity index (χ4n) is 5.62. The van der Waals surface area contributed by atoms with E-state index in [1.165, 1.54) is 18.4 Å². The molecule has 0 saturated heterocycles. The zero-order valence-electron chi connectivity index (χ0n) is 14.5. The maximum absolute atomic E-state index is 13.0. The van der Waals surface area contributed by atoms with Crippen molar-refractivity contribution in [2.24, 2.45) is 22.2 Å². The first kappa shape index (κ1) is 16.0. The Labute approximate surface area is 134 Å². The molecular weight excluding hydrogens is 272 g/mol. The molecule has 0 radical (unpaired) electrons. The summed E-state index contributed by atoms with van der Waals surface area (Å²) in [7, 11) is 0. The Hall–Kier alpha value is -0.890. The van der Waals surface area contributed by atoms with Gasteiger partial charge in [0.25, 0.3) is 0 Å². The van der Waals surface area contributed by atoms with E-state index in [1.807, 2.05) is 6.92 Å². The number of rotatable bonds is 1. The van der Waals surface area contributed by atoms with E-state index in [1.54, 1.807) is 6.08 Å². The van der Waals surface area contributed by atoms with Crippen molar-refractivity contribution in [2.45, 2.75) is 72.3 Å². The number of aliphatic hydroxyl groups is 1. The van der Waals surface area contributed by atoms with Gasteiger partial charge in [-0.25, -0.2) is 0 Å². The monoisotopic (exact) mass is 302 g/mol. The number of Topliss-reactive ketones (excluding diaryl/α,β-unsaturated/α-hetero) is 1. The van der Waals surface area contributed by atoms with Gasteiger partial charge in [0.2, 0.25) is 0 Å². The van der Waals surface area contributed by atoms with Gasteiger partial charge in [-0.3, -0.25) is 4.79 Å². The van der Waals surface area contributed by atoms with Crippen molar-refractivity contribution in [1.82, 2.24) is 0 Å². The van der Waals surface area contributed by atoms with Crippen molar-refractivity contribution in [3.63, 3.8) is 0 Å². The summed E-state index contributed by atoms with van der Waals surface area (Å²) in [6.45, 7) is 12.9. The highest BCUT2D eigenvalue weighted by atomic mass is 16.3. The summed E-state index contributed by atoms with van der Waals surface area (Å²) in [5.41, 5.74) is 1.86. The van der Waals surface area contributed by atoms with Crippen LogP contribution in [0.25, 0.3) is 0 Å². The Morgan fingerprint density at radius 3 is 2.50 bits per heavy atom. The molecule has 0 aromatic heterocycles. The molecule has 2 nitrogen and oxygen atoms in total. The van der Waals surface area contributed by atoms with E-state index in [4.69, 9.17) is 0 Å². The highest BCUT2D eigenvalue weighted by Gasteiger charge is 2.56. The van der Waals surface area contributed by atoms with Gasteiger partial charge in [0.15, 0.2) is 5.78 Å². The molecule has 0 aromatic carbocycles. The standard InChI is InChI=1S/C20H30O2/c1-6-19(4)11-8-13-16(17(19)22)14(21)12-15-18(2,3)9-7-10-20(13,15)5/h6,14-15,21H,1,7-12H2,2-5H3/t14-,15-,19+,20+/m0/s1. The lowest BCUT2D eigenvalue weighted by atomic mass is 9.47. The predicted molar refractivity (Wildman–Crippen MR) is 89.4 cm³/mol. The molecule has 0 amide bonds. The Morgan fingerprint density at radius 2 is 1.86 bits per heavy atom. The topological polar surface area (TPSA) is 37.3 Å². The number of aliphatic hydroxyl groups excluding tert-OH is 1. The van der Waals surface area contributed by atoms with Crippen molar-refractivity contribution < 1.29 is 9.90 Å². The molecule has 4 atom stereocenters. The molecule has 0 aromatic rings. The van der Waals surface area contributed by atoms with Crippen LogP contribution in [0.3, 0.4) is 0 Å². The summed E-state index contributed by atoms with van der Waals surface area (Å²) in [5, 5.41) is 10.8. The molecule has 1 saturated carbocycles. The number of allylic oxidation sites excluding steroid dienone is 2. The van der Waals surface area contributed by atoms with Gasteiger partial charge in [0.05, 0.1) is 6.10 Å². The maximum atomic E-state index is 13.0. The van der Waals surface area contributed by atoms with Gasteiger partial charge in [-0.05, 0) is 55.8 Å². The van der Waals surface area contributed by atoms with Crippen molar-refractivity contribution in [3.05, 3.63) is 23.8 Å². The van der Waals surface area contributed by atoms with Crippen LogP contribution in [0.15, 0.2) is 23.8 Å². The SMILES string of the molecule is C=C[C@]1(C)CCC2=C(C1=O)[C@@H](O)C[C@H]1C(C)(C)CCC[C@]21C. The minimum atomic E-state index is -0.586. The molecule has 0 bridgehead atoms. The van der Waals surface area contributed by atoms with Crippen LogP contribution in [0, 0.1) is 22.2 Å². The molecule has 122 valence electrons. The maximum Gasteiger partial charge on any atom is 0.171 e. The smallest absolute Gasteiger partial charge is 0.171 e. The fraction of sp³-hybridized carbons (Fsp3) is 0.750. The lowest BCUT2D eigenvalue weighted by molar-refractivity contribution is -0.126. The summed E-state index contributed by atoms with van der Waals surface area (Å²) >= 11 is 0. The summed E-state index contributed by atoms with van der Waals surface area (Å²) in [5.74, 6) is 0.600. The molecule has 0 aliphatic heterocycles. The van der Waals surface area contributed by atoms with Gasteiger partial charge in [-0.2, -0.15) is 0 Å². The third-order valence-electron chi connectivity index (χ3n) is 7.14. The normalized spacial score (nSPS) is 44.3. The van der Waals surface area contributed by atoms with E-state index >= 15 is 0 Å². The largest absolute Gasteiger partial charge is 0.388 e.